The van der Waals surface area contributed by atoms with E-state index in [-0.39, 0.29) is 0 Å². The third kappa shape index (κ3) is 3.60. The van der Waals surface area contributed by atoms with Gasteiger partial charge in [-0.1, -0.05) is 51.3 Å². The van der Waals surface area contributed by atoms with Gasteiger partial charge in [0.15, 0.2) is 0 Å². The number of benzene rings is 1. The van der Waals surface area contributed by atoms with Crippen LogP contribution in [0.1, 0.15) is 5.56 Å². The highest BCUT2D eigenvalue weighted by atomic mass is 79.9. The molecule has 2 nitrogen and oxygen atoms in total. The van der Waals surface area contributed by atoms with Crippen LogP contribution < -0.4 is 5.32 Å². The van der Waals surface area contributed by atoms with Crippen molar-refractivity contribution in [1.29, 1.82) is 0 Å². The van der Waals surface area contributed by atoms with Gasteiger partial charge in [0.1, 0.15) is 5.82 Å². The van der Waals surface area contributed by atoms with Crippen molar-refractivity contribution in [1.82, 2.24) is 4.98 Å². The van der Waals surface area contributed by atoms with Crippen molar-refractivity contribution in [3.05, 3.63) is 56.6 Å². The van der Waals surface area contributed by atoms with Gasteiger partial charge >= 0.3 is 0 Å². The normalized spacial score (nSPS) is 10.3. The molecule has 2 rings (SSSR count). The summed E-state index contributed by atoms with van der Waals surface area (Å²) in [5.74, 6) is 0.635. The van der Waals surface area contributed by atoms with E-state index in [9.17, 15) is 0 Å². The fourth-order valence-electron chi connectivity index (χ4n) is 1.38. The molecule has 1 aromatic heterocycles. The highest BCUT2D eigenvalue weighted by Gasteiger charge is 2.02. The monoisotopic (exact) mass is 330 g/mol. The lowest BCUT2D eigenvalue weighted by molar-refractivity contribution is 1.11. The van der Waals surface area contributed by atoms with E-state index in [1.807, 2.05) is 24.3 Å². The molecule has 0 aliphatic rings. The van der Waals surface area contributed by atoms with Gasteiger partial charge in [-0.25, -0.2) is 4.98 Å². The Bertz CT molecular complexity index is 532. The molecule has 1 N–H and O–H groups in total. The summed E-state index contributed by atoms with van der Waals surface area (Å²) < 4.78 is 1.05. The number of nitrogens with one attached hydrogen (secondary N) is 1. The summed E-state index contributed by atoms with van der Waals surface area (Å²) in [7, 11) is 0. The summed E-state index contributed by atoms with van der Waals surface area (Å²) in [5, 5.41) is 4.21. The molecule has 5 heteroatoms. The number of hydrogen-bond acceptors (Lipinski definition) is 2. The molecule has 0 saturated heterocycles. The first kappa shape index (κ1) is 12.7. The van der Waals surface area contributed by atoms with Crippen LogP contribution in [0.25, 0.3) is 0 Å². The molecule has 17 heavy (non-hydrogen) atoms. The number of anilines is 1. The number of halogens is 3. The number of rotatable bonds is 3. The average molecular weight is 332 g/mol. The maximum Gasteiger partial charge on any atom is 0.145 e. The Morgan fingerprint density at radius 1 is 1.24 bits per heavy atom. The molecule has 0 bridgehead atoms. The Labute approximate surface area is 118 Å². The molecule has 0 amide bonds. The van der Waals surface area contributed by atoms with Crippen LogP contribution in [0.15, 0.2) is 41.0 Å². The Hall–Kier alpha value is -0.770. The van der Waals surface area contributed by atoms with Crippen molar-refractivity contribution in [2.75, 3.05) is 5.32 Å². The minimum absolute atomic E-state index is 0.521. The third-order valence-electron chi connectivity index (χ3n) is 2.16. The molecular formula is C12H9BrCl2N2. The Kier molecular flexibility index (Phi) is 4.26. The average Bonchev–Trinajstić information content (AvgIpc) is 2.28. The minimum atomic E-state index is 0.521. The van der Waals surface area contributed by atoms with Crippen molar-refractivity contribution in [3.8, 4) is 0 Å². The van der Waals surface area contributed by atoms with Gasteiger partial charge in [-0.2, -0.15) is 0 Å². The highest BCUT2D eigenvalue weighted by Crippen LogP contribution is 2.23. The molecule has 0 atom stereocenters. The van der Waals surface area contributed by atoms with Crippen LogP contribution in [0, 0.1) is 0 Å². The molecule has 0 unspecified atom stereocenters. The SMILES string of the molecule is Clc1cnc(NCc2cccc(Br)c2)c(Cl)c1. The van der Waals surface area contributed by atoms with Gasteiger partial charge in [-0.15, -0.1) is 0 Å². The van der Waals surface area contributed by atoms with Crippen LogP contribution in [0.5, 0.6) is 0 Å². The van der Waals surface area contributed by atoms with Gasteiger partial charge in [-0.05, 0) is 23.8 Å². The molecule has 0 radical (unpaired) electrons. The lowest BCUT2D eigenvalue weighted by Gasteiger charge is -2.07. The first-order valence-electron chi connectivity index (χ1n) is 4.94. The van der Waals surface area contributed by atoms with Crippen molar-refractivity contribution in [2.45, 2.75) is 6.54 Å². The lowest BCUT2D eigenvalue weighted by atomic mass is 10.2. The molecule has 0 aliphatic carbocycles. The second-order valence-corrected chi connectivity index (χ2v) is 5.23. The molecule has 0 fully saturated rings. The van der Waals surface area contributed by atoms with Crippen LogP contribution in [0.2, 0.25) is 10.0 Å². The topological polar surface area (TPSA) is 24.9 Å². The maximum absolute atomic E-state index is 6.01. The van der Waals surface area contributed by atoms with Crippen LogP contribution >= 0.6 is 39.1 Å². The third-order valence-corrected chi connectivity index (χ3v) is 3.14. The van der Waals surface area contributed by atoms with Crippen molar-refractivity contribution >= 4 is 44.9 Å². The van der Waals surface area contributed by atoms with Crippen molar-refractivity contribution < 1.29 is 0 Å². The minimum Gasteiger partial charge on any atom is -0.365 e. The molecule has 1 heterocycles. The summed E-state index contributed by atoms with van der Waals surface area (Å²) in [6, 6.07) is 9.70. The van der Waals surface area contributed by atoms with E-state index < -0.39 is 0 Å². The van der Waals surface area contributed by atoms with Gasteiger partial charge in [0.05, 0.1) is 10.0 Å². The molecule has 2 aromatic rings. The van der Waals surface area contributed by atoms with Gasteiger partial charge in [0, 0.05) is 17.2 Å². The highest BCUT2D eigenvalue weighted by molar-refractivity contribution is 9.10. The largest absolute Gasteiger partial charge is 0.365 e. The molecule has 0 spiro atoms. The fraction of sp³-hybridized carbons (Fsp3) is 0.0833. The second kappa shape index (κ2) is 5.71. The summed E-state index contributed by atoms with van der Waals surface area (Å²) in [6.45, 7) is 0.661. The standard InChI is InChI=1S/C12H9BrCl2N2/c13-9-3-1-2-8(4-9)6-16-12-11(15)5-10(14)7-17-12/h1-5,7H,6H2,(H,16,17). The molecule has 0 saturated carbocycles. The Morgan fingerprint density at radius 2 is 2.06 bits per heavy atom. The smallest absolute Gasteiger partial charge is 0.145 e. The molecule has 1 aromatic carbocycles. The zero-order valence-electron chi connectivity index (χ0n) is 8.75. The van der Waals surface area contributed by atoms with Gasteiger partial charge in [-0.3, -0.25) is 0 Å². The fourth-order valence-corrected chi connectivity index (χ4v) is 2.27. The zero-order chi connectivity index (χ0) is 12.3. The van der Waals surface area contributed by atoms with E-state index >= 15 is 0 Å². The summed E-state index contributed by atoms with van der Waals surface area (Å²) in [5.41, 5.74) is 1.15. The summed E-state index contributed by atoms with van der Waals surface area (Å²) in [6.07, 6.45) is 1.57. The number of pyridine rings is 1. The van der Waals surface area contributed by atoms with Crippen molar-refractivity contribution in [3.63, 3.8) is 0 Å². The van der Waals surface area contributed by atoms with Gasteiger partial charge in [0.25, 0.3) is 0 Å². The van der Waals surface area contributed by atoms with Crippen LogP contribution in [-0.4, -0.2) is 4.98 Å². The van der Waals surface area contributed by atoms with E-state index in [4.69, 9.17) is 23.2 Å². The maximum atomic E-state index is 6.01. The molecular weight excluding hydrogens is 323 g/mol. The van der Waals surface area contributed by atoms with Crippen LogP contribution in [0.3, 0.4) is 0 Å². The van der Waals surface area contributed by atoms with E-state index in [0.717, 1.165) is 10.0 Å². The van der Waals surface area contributed by atoms with Gasteiger partial charge in [0.2, 0.25) is 0 Å². The van der Waals surface area contributed by atoms with E-state index in [0.29, 0.717) is 22.4 Å². The zero-order valence-corrected chi connectivity index (χ0v) is 11.9. The molecule has 88 valence electrons. The first-order chi connectivity index (χ1) is 8.15. The lowest BCUT2D eigenvalue weighted by Crippen LogP contribution is -2.01. The first-order valence-corrected chi connectivity index (χ1v) is 6.49. The predicted molar refractivity (Wildman–Crippen MR) is 75.7 cm³/mol. The second-order valence-electron chi connectivity index (χ2n) is 3.47. The van der Waals surface area contributed by atoms with Crippen LogP contribution in [-0.2, 0) is 6.54 Å². The van der Waals surface area contributed by atoms with Gasteiger partial charge < -0.3 is 5.32 Å². The van der Waals surface area contributed by atoms with E-state index in [2.05, 4.69) is 26.2 Å². The summed E-state index contributed by atoms with van der Waals surface area (Å²) >= 11 is 15.2. The number of nitrogens with zero attached hydrogens (tertiary/aromatic N) is 1. The van der Waals surface area contributed by atoms with E-state index in [1.54, 1.807) is 12.3 Å². The quantitative estimate of drug-likeness (QED) is 0.876. The van der Waals surface area contributed by atoms with E-state index in [1.165, 1.54) is 0 Å². The molecule has 0 aliphatic heterocycles. The van der Waals surface area contributed by atoms with Crippen LogP contribution in [0.4, 0.5) is 5.82 Å². The Morgan fingerprint density at radius 3 is 2.76 bits per heavy atom. The Balaban J connectivity index is 2.07. The summed E-state index contributed by atoms with van der Waals surface area (Å²) in [4.78, 5) is 4.13. The van der Waals surface area contributed by atoms with Crippen molar-refractivity contribution in [2.24, 2.45) is 0 Å². The number of aromatic nitrogens is 1. The predicted octanol–water partition coefficient (Wildman–Crippen LogP) is 4.76. The number of hydrogen-bond donors (Lipinski definition) is 1.